The van der Waals surface area contributed by atoms with E-state index in [-0.39, 0.29) is 0 Å². The predicted molar refractivity (Wildman–Crippen MR) is 83.0 cm³/mol. The summed E-state index contributed by atoms with van der Waals surface area (Å²) in [6, 6.07) is 1.87. The van der Waals surface area contributed by atoms with E-state index in [0.717, 1.165) is 37.9 Å². The Morgan fingerprint density at radius 1 is 0.947 bits per heavy atom. The molecule has 0 unspecified atom stereocenters. The first kappa shape index (κ1) is 14.6. The molecule has 19 heavy (non-hydrogen) atoms. The van der Waals surface area contributed by atoms with Gasteiger partial charge in [0.25, 0.3) is 0 Å². The highest BCUT2D eigenvalue weighted by Crippen LogP contribution is 2.10. The lowest BCUT2D eigenvalue weighted by Crippen LogP contribution is -2.47. The van der Waals surface area contributed by atoms with Gasteiger partial charge in [0, 0.05) is 38.6 Å². The number of anilines is 1. The SMILES string of the molecule is SCCCCCCN1CCN(c2ncccn2)CC1. The van der Waals surface area contributed by atoms with E-state index in [1.54, 1.807) is 0 Å². The third-order valence-electron chi connectivity index (χ3n) is 3.59. The largest absolute Gasteiger partial charge is 0.338 e. The highest BCUT2D eigenvalue weighted by molar-refractivity contribution is 7.80. The minimum Gasteiger partial charge on any atom is -0.338 e. The van der Waals surface area contributed by atoms with E-state index in [1.807, 2.05) is 18.5 Å². The molecular formula is C14H24N4S. The fourth-order valence-corrected chi connectivity index (χ4v) is 2.65. The Labute approximate surface area is 121 Å². The average Bonchev–Trinajstić information content (AvgIpc) is 2.49. The van der Waals surface area contributed by atoms with Crippen molar-refractivity contribution in [2.24, 2.45) is 0 Å². The summed E-state index contributed by atoms with van der Waals surface area (Å²) in [5, 5.41) is 0. The van der Waals surface area contributed by atoms with Crippen LogP contribution in [-0.4, -0.2) is 53.3 Å². The van der Waals surface area contributed by atoms with E-state index in [2.05, 4.69) is 32.4 Å². The highest BCUT2D eigenvalue weighted by Gasteiger charge is 2.17. The molecule has 0 aliphatic carbocycles. The lowest BCUT2D eigenvalue weighted by molar-refractivity contribution is 0.251. The van der Waals surface area contributed by atoms with Gasteiger partial charge in [-0.15, -0.1) is 0 Å². The average molecular weight is 280 g/mol. The second-order valence-corrected chi connectivity index (χ2v) is 5.46. The van der Waals surface area contributed by atoms with E-state index in [4.69, 9.17) is 0 Å². The molecule has 0 N–H and O–H groups in total. The zero-order valence-electron chi connectivity index (χ0n) is 11.5. The number of hydrogen-bond donors (Lipinski definition) is 1. The number of nitrogens with zero attached hydrogens (tertiary/aromatic N) is 4. The summed E-state index contributed by atoms with van der Waals surface area (Å²) in [5.41, 5.74) is 0. The normalized spacial score (nSPS) is 16.8. The van der Waals surface area contributed by atoms with E-state index in [0.29, 0.717) is 0 Å². The van der Waals surface area contributed by atoms with E-state index in [9.17, 15) is 0 Å². The third kappa shape index (κ3) is 4.99. The number of rotatable bonds is 7. The van der Waals surface area contributed by atoms with Gasteiger partial charge in [-0.3, -0.25) is 4.90 Å². The van der Waals surface area contributed by atoms with Crippen LogP contribution in [0.1, 0.15) is 25.7 Å². The van der Waals surface area contributed by atoms with Crippen LogP contribution in [-0.2, 0) is 0 Å². The van der Waals surface area contributed by atoms with Gasteiger partial charge in [-0.05, 0) is 31.2 Å². The second-order valence-electron chi connectivity index (χ2n) is 5.02. The number of hydrogen-bond acceptors (Lipinski definition) is 5. The summed E-state index contributed by atoms with van der Waals surface area (Å²) in [6.07, 6.45) is 8.86. The monoisotopic (exact) mass is 280 g/mol. The van der Waals surface area contributed by atoms with Crippen LogP contribution in [0.2, 0.25) is 0 Å². The second kappa shape index (κ2) is 8.38. The van der Waals surface area contributed by atoms with Crippen LogP contribution in [0.25, 0.3) is 0 Å². The maximum atomic E-state index is 4.31. The maximum absolute atomic E-state index is 4.31. The lowest BCUT2D eigenvalue weighted by Gasteiger charge is -2.34. The molecule has 1 aliphatic heterocycles. The molecule has 4 nitrogen and oxygen atoms in total. The molecule has 2 rings (SSSR count). The molecule has 1 aliphatic rings. The van der Waals surface area contributed by atoms with Gasteiger partial charge in [0.1, 0.15) is 0 Å². The number of thiol groups is 1. The van der Waals surface area contributed by atoms with Gasteiger partial charge in [-0.2, -0.15) is 12.6 Å². The molecule has 2 heterocycles. The molecule has 0 bridgehead atoms. The maximum Gasteiger partial charge on any atom is 0.225 e. The van der Waals surface area contributed by atoms with Crippen LogP contribution in [0, 0.1) is 0 Å². The van der Waals surface area contributed by atoms with Gasteiger partial charge >= 0.3 is 0 Å². The minimum absolute atomic E-state index is 0.871. The van der Waals surface area contributed by atoms with Crippen molar-refractivity contribution < 1.29 is 0 Å². The van der Waals surface area contributed by atoms with Gasteiger partial charge in [0.15, 0.2) is 0 Å². The van der Waals surface area contributed by atoms with Crippen molar-refractivity contribution in [3.8, 4) is 0 Å². The van der Waals surface area contributed by atoms with Crippen molar-refractivity contribution in [3.05, 3.63) is 18.5 Å². The number of piperazine rings is 1. The van der Waals surface area contributed by atoms with Gasteiger partial charge in [-0.25, -0.2) is 9.97 Å². The molecule has 0 aromatic carbocycles. The third-order valence-corrected chi connectivity index (χ3v) is 3.91. The summed E-state index contributed by atoms with van der Waals surface area (Å²) in [7, 11) is 0. The first-order valence-electron chi connectivity index (χ1n) is 7.25. The van der Waals surface area contributed by atoms with Crippen LogP contribution >= 0.6 is 12.6 Å². The summed E-state index contributed by atoms with van der Waals surface area (Å²) in [5.74, 6) is 1.89. The molecule has 0 saturated carbocycles. The van der Waals surface area contributed by atoms with Crippen LogP contribution in [0.15, 0.2) is 18.5 Å². The number of unbranched alkanes of at least 4 members (excludes halogenated alkanes) is 3. The first-order chi connectivity index (χ1) is 9.40. The van der Waals surface area contributed by atoms with Crippen molar-refractivity contribution in [2.45, 2.75) is 25.7 Å². The van der Waals surface area contributed by atoms with Crippen molar-refractivity contribution in [1.82, 2.24) is 14.9 Å². The molecular weight excluding hydrogens is 256 g/mol. The Balaban J connectivity index is 1.63. The zero-order valence-corrected chi connectivity index (χ0v) is 12.4. The lowest BCUT2D eigenvalue weighted by atomic mass is 10.2. The Morgan fingerprint density at radius 3 is 2.32 bits per heavy atom. The van der Waals surface area contributed by atoms with E-state index < -0.39 is 0 Å². The first-order valence-corrected chi connectivity index (χ1v) is 7.88. The van der Waals surface area contributed by atoms with Crippen molar-refractivity contribution in [2.75, 3.05) is 43.4 Å². The fourth-order valence-electron chi connectivity index (χ4n) is 2.43. The fraction of sp³-hybridized carbons (Fsp3) is 0.714. The molecule has 0 amide bonds. The molecule has 1 aromatic heterocycles. The molecule has 106 valence electrons. The van der Waals surface area contributed by atoms with Gasteiger partial charge in [0.05, 0.1) is 0 Å². The standard InChI is InChI=1S/C14H24N4S/c19-13-4-2-1-3-8-17-9-11-18(12-10-17)14-15-6-5-7-16-14/h5-7,19H,1-4,8-13H2. The van der Waals surface area contributed by atoms with Crippen LogP contribution < -0.4 is 4.90 Å². The van der Waals surface area contributed by atoms with Gasteiger partial charge in [0.2, 0.25) is 5.95 Å². The molecule has 1 saturated heterocycles. The zero-order chi connectivity index (χ0) is 13.3. The quantitative estimate of drug-likeness (QED) is 0.612. The molecule has 0 radical (unpaired) electrons. The number of aromatic nitrogens is 2. The van der Waals surface area contributed by atoms with Crippen LogP contribution in [0.4, 0.5) is 5.95 Å². The minimum atomic E-state index is 0.871. The summed E-state index contributed by atoms with van der Waals surface area (Å²) in [6.45, 7) is 5.58. The predicted octanol–water partition coefficient (Wildman–Crippen LogP) is 2.09. The van der Waals surface area contributed by atoms with Gasteiger partial charge < -0.3 is 4.90 Å². The summed E-state index contributed by atoms with van der Waals surface area (Å²) >= 11 is 4.24. The van der Waals surface area contributed by atoms with Crippen molar-refractivity contribution >= 4 is 18.6 Å². The molecule has 5 heteroatoms. The van der Waals surface area contributed by atoms with E-state index >= 15 is 0 Å². The Bertz CT molecular complexity index is 339. The smallest absolute Gasteiger partial charge is 0.225 e. The summed E-state index contributed by atoms with van der Waals surface area (Å²) in [4.78, 5) is 13.5. The molecule has 0 spiro atoms. The molecule has 0 atom stereocenters. The van der Waals surface area contributed by atoms with Crippen molar-refractivity contribution in [3.63, 3.8) is 0 Å². The molecule has 1 fully saturated rings. The Morgan fingerprint density at radius 2 is 1.63 bits per heavy atom. The van der Waals surface area contributed by atoms with Gasteiger partial charge in [-0.1, -0.05) is 12.8 Å². The topological polar surface area (TPSA) is 32.3 Å². The Hall–Kier alpha value is -0.810. The summed E-state index contributed by atoms with van der Waals surface area (Å²) < 4.78 is 0. The van der Waals surface area contributed by atoms with Crippen LogP contribution in [0.5, 0.6) is 0 Å². The van der Waals surface area contributed by atoms with E-state index in [1.165, 1.54) is 32.2 Å². The molecule has 1 aromatic rings. The Kier molecular flexibility index (Phi) is 6.44. The van der Waals surface area contributed by atoms with Crippen LogP contribution in [0.3, 0.4) is 0 Å². The highest BCUT2D eigenvalue weighted by atomic mass is 32.1. The van der Waals surface area contributed by atoms with Crippen molar-refractivity contribution in [1.29, 1.82) is 0 Å².